The minimum absolute atomic E-state index is 0.194. The number of amides is 1. The average Bonchev–Trinajstić information content (AvgIpc) is 2.74. The van der Waals surface area contributed by atoms with Crippen molar-refractivity contribution in [2.24, 2.45) is 7.05 Å². The first-order chi connectivity index (χ1) is 9.01. The van der Waals surface area contributed by atoms with Crippen LogP contribution in [0.3, 0.4) is 0 Å². The Kier molecular flexibility index (Phi) is 3.90. The maximum Gasteiger partial charge on any atom is 0.273 e. The highest BCUT2D eigenvalue weighted by Gasteiger charge is 2.14. The van der Waals surface area contributed by atoms with Gasteiger partial charge in [-0.15, -0.1) is 0 Å². The molecule has 2 rings (SSSR count). The molecule has 0 atom stereocenters. The number of halogens is 1. The van der Waals surface area contributed by atoms with E-state index in [4.69, 9.17) is 5.73 Å². The Morgan fingerprint density at radius 1 is 1.47 bits per heavy atom. The predicted octanol–water partition coefficient (Wildman–Crippen LogP) is 2.58. The first kappa shape index (κ1) is 13.6. The van der Waals surface area contributed by atoms with E-state index in [1.54, 1.807) is 36.0 Å². The molecule has 19 heavy (non-hydrogen) atoms. The van der Waals surface area contributed by atoms with Crippen LogP contribution in [0.5, 0.6) is 0 Å². The van der Waals surface area contributed by atoms with Gasteiger partial charge in [0.25, 0.3) is 5.91 Å². The van der Waals surface area contributed by atoms with Crippen LogP contribution in [0.4, 0.5) is 11.4 Å². The smallest absolute Gasteiger partial charge is 0.273 e. The van der Waals surface area contributed by atoms with Gasteiger partial charge in [0.2, 0.25) is 0 Å². The maximum absolute atomic E-state index is 12.2. The number of anilines is 2. The van der Waals surface area contributed by atoms with Crippen molar-refractivity contribution < 1.29 is 4.79 Å². The van der Waals surface area contributed by atoms with Crippen molar-refractivity contribution in [3.05, 3.63) is 40.1 Å². The van der Waals surface area contributed by atoms with Crippen molar-refractivity contribution in [1.29, 1.82) is 0 Å². The highest BCUT2D eigenvalue weighted by Crippen LogP contribution is 2.25. The highest BCUT2D eigenvalue weighted by molar-refractivity contribution is 9.10. The number of carbonyl (C=O) groups excluding carboxylic acids is 1. The normalized spacial score (nSPS) is 10.5. The third-order valence-corrected chi connectivity index (χ3v) is 3.42. The fraction of sp³-hybridized carbons (Fsp3) is 0.231. The van der Waals surface area contributed by atoms with E-state index in [-0.39, 0.29) is 5.91 Å². The molecule has 3 N–H and O–H groups in total. The Balaban J connectivity index is 2.23. The van der Waals surface area contributed by atoms with Crippen molar-refractivity contribution in [1.82, 2.24) is 9.78 Å². The van der Waals surface area contributed by atoms with Crippen LogP contribution in [-0.4, -0.2) is 15.7 Å². The molecule has 0 saturated carbocycles. The average molecular weight is 323 g/mol. The van der Waals surface area contributed by atoms with Crippen LogP contribution in [0.1, 0.15) is 23.1 Å². The van der Waals surface area contributed by atoms with Crippen LogP contribution in [0.25, 0.3) is 0 Å². The molecule has 0 aliphatic heterocycles. The number of aryl methyl sites for hydroxylation is 2. The van der Waals surface area contributed by atoms with E-state index < -0.39 is 0 Å². The second-order valence-electron chi connectivity index (χ2n) is 4.19. The summed E-state index contributed by atoms with van der Waals surface area (Å²) in [4.78, 5) is 12.2. The van der Waals surface area contributed by atoms with Gasteiger partial charge in [-0.3, -0.25) is 9.48 Å². The van der Waals surface area contributed by atoms with Gasteiger partial charge in [0.15, 0.2) is 0 Å². The second kappa shape index (κ2) is 5.44. The molecule has 0 unspecified atom stereocenters. The van der Waals surface area contributed by atoms with Crippen LogP contribution in [0.2, 0.25) is 0 Å². The molecule has 0 spiro atoms. The Labute approximate surface area is 119 Å². The lowest BCUT2D eigenvalue weighted by Crippen LogP contribution is -2.16. The summed E-state index contributed by atoms with van der Waals surface area (Å²) in [5.41, 5.74) is 8.40. The fourth-order valence-electron chi connectivity index (χ4n) is 1.73. The summed E-state index contributed by atoms with van der Waals surface area (Å²) in [5, 5.41) is 7.08. The third-order valence-electron chi connectivity index (χ3n) is 2.77. The number of carbonyl (C=O) groups is 1. The largest absolute Gasteiger partial charge is 0.399 e. The molecule has 5 nitrogen and oxygen atoms in total. The lowest BCUT2D eigenvalue weighted by molar-refractivity contribution is 0.101. The molecule has 6 heteroatoms. The zero-order valence-corrected chi connectivity index (χ0v) is 12.4. The summed E-state index contributed by atoms with van der Waals surface area (Å²) in [6, 6.07) is 7.03. The first-order valence-corrected chi connectivity index (χ1v) is 6.70. The van der Waals surface area contributed by atoms with E-state index in [0.717, 1.165) is 16.6 Å². The summed E-state index contributed by atoms with van der Waals surface area (Å²) < 4.78 is 2.33. The molecule has 1 aromatic heterocycles. The Hall–Kier alpha value is -1.82. The molecular weight excluding hydrogens is 308 g/mol. The number of rotatable bonds is 3. The van der Waals surface area contributed by atoms with Gasteiger partial charge >= 0.3 is 0 Å². The van der Waals surface area contributed by atoms with Gasteiger partial charge in [0.05, 0.1) is 11.4 Å². The minimum atomic E-state index is -0.194. The molecule has 100 valence electrons. The predicted molar refractivity (Wildman–Crippen MR) is 79.1 cm³/mol. The van der Waals surface area contributed by atoms with E-state index in [0.29, 0.717) is 17.1 Å². The SMILES string of the molecule is CCc1cc(C(=O)Nc2ccc(N)cc2Br)n(C)n1. The molecule has 2 aromatic rings. The number of aromatic nitrogens is 2. The molecule has 1 amide bonds. The summed E-state index contributed by atoms with van der Waals surface area (Å²) in [6.45, 7) is 2.00. The maximum atomic E-state index is 12.2. The van der Waals surface area contributed by atoms with Gasteiger partial charge in [0.1, 0.15) is 5.69 Å². The van der Waals surface area contributed by atoms with E-state index in [1.807, 2.05) is 6.92 Å². The van der Waals surface area contributed by atoms with Crippen molar-refractivity contribution in [3.8, 4) is 0 Å². The molecule has 0 saturated heterocycles. The number of nitrogens with zero attached hydrogens (tertiary/aromatic N) is 2. The van der Waals surface area contributed by atoms with E-state index in [9.17, 15) is 4.79 Å². The minimum Gasteiger partial charge on any atom is -0.399 e. The van der Waals surface area contributed by atoms with Gasteiger partial charge in [0, 0.05) is 17.2 Å². The number of hydrogen-bond acceptors (Lipinski definition) is 3. The lowest BCUT2D eigenvalue weighted by atomic mass is 10.2. The van der Waals surface area contributed by atoms with Crippen LogP contribution in [0.15, 0.2) is 28.7 Å². The topological polar surface area (TPSA) is 72.9 Å². The van der Waals surface area contributed by atoms with E-state index in [1.165, 1.54) is 0 Å². The molecular formula is C13H15BrN4O. The van der Waals surface area contributed by atoms with Gasteiger partial charge in [-0.2, -0.15) is 5.10 Å². The molecule has 0 aliphatic rings. The van der Waals surface area contributed by atoms with Gasteiger partial charge < -0.3 is 11.1 Å². The monoisotopic (exact) mass is 322 g/mol. The number of nitrogens with two attached hydrogens (primary N) is 1. The number of nitrogens with one attached hydrogen (secondary N) is 1. The Morgan fingerprint density at radius 3 is 2.79 bits per heavy atom. The number of nitrogen functional groups attached to an aromatic ring is 1. The molecule has 1 aromatic carbocycles. The van der Waals surface area contributed by atoms with Crippen LogP contribution in [0, 0.1) is 0 Å². The van der Waals surface area contributed by atoms with Gasteiger partial charge in [-0.1, -0.05) is 6.92 Å². The van der Waals surface area contributed by atoms with Crippen molar-refractivity contribution in [3.63, 3.8) is 0 Å². The zero-order chi connectivity index (χ0) is 14.0. The number of benzene rings is 1. The molecule has 0 aliphatic carbocycles. The summed E-state index contributed by atoms with van der Waals surface area (Å²) >= 11 is 3.37. The first-order valence-electron chi connectivity index (χ1n) is 5.90. The van der Waals surface area contributed by atoms with Crippen LogP contribution < -0.4 is 11.1 Å². The second-order valence-corrected chi connectivity index (χ2v) is 5.05. The van der Waals surface area contributed by atoms with Gasteiger partial charge in [-0.25, -0.2) is 0 Å². The van der Waals surface area contributed by atoms with Crippen LogP contribution >= 0.6 is 15.9 Å². The molecule has 0 fully saturated rings. The lowest BCUT2D eigenvalue weighted by Gasteiger charge is -2.07. The standard InChI is InChI=1S/C13H15BrN4O/c1-3-9-7-12(18(2)17-9)13(19)16-11-5-4-8(15)6-10(11)14/h4-7H,3,15H2,1-2H3,(H,16,19). The van der Waals surface area contributed by atoms with Crippen LogP contribution in [-0.2, 0) is 13.5 Å². The fourth-order valence-corrected chi connectivity index (χ4v) is 2.23. The van der Waals surface area contributed by atoms with Crippen molar-refractivity contribution >= 4 is 33.2 Å². The van der Waals surface area contributed by atoms with Crippen molar-refractivity contribution in [2.75, 3.05) is 11.1 Å². The zero-order valence-electron chi connectivity index (χ0n) is 10.8. The quantitative estimate of drug-likeness (QED) is 0.853. The summed E-state index contributed by atoms with van der Waals surface area (Å²) in [5.74, 6) is -0.194. The summed E-state index contributed by atoms with van der Waals surface area (Å²) in [6.07, 6.45) is 0.798. The third kappa shape index (κ3) is 2.96. The number of hydrogen-bond donors (Lipinski definition) is 2. The Bertz CT molecular complexity index is 621. The Morgan fingerprint density at radius 2 is 2.21 bits per heavy atom. The molecule has 0 radical (unpaired) electrons. The van der Waals surface area contributed by atoms with Crippen molar-refractivity contribution in [2.45, 2.75) is 13.3 Å². The highest BCUT2D eigenvalue weighted by atomic mass is 79.9. The van der Waals surface area contributed by atoms with E-state index in [2.05, 4.69) is 26.3 Å². The van der Waals surface area contributed by atoms with E-state index >= 15 is 0 Å². The molecule has 1 heterocycles. The molecule has 0 bridgehead atoms. The summed E-state index contributed by atoms with van der Waals surface area (Å²) in [7, 11) is 1.76. The van der Waals surface area contributed by atoms with Gasteiger partial charge in [-0.05, 0) is 46.6 Å².